The molecule has 0 amide bonds. The normalized spacial score (nSPS) is 46.5. The van der Waals surface area contributed by atoms with Gasteiger partial charge >= 0.3 is 11.9 Å². The second-order valence-electron chi connectivity index (χ2n) is 10.9. The van der Waals surface area contributed by atoms with Gasteiger partial charge in [-0.3, -0.25) is 9.59 Å². The van der Waals surface area contributed by atoms with E-state index < -0.39 is 0 Å². The van der Waals surface area contributed by atoms with Crippen molar-refractivity contribution < 1.29 is 29.3 Å². The molecule has 0 spiro atoms. The maximum absolute atomic E-state index is 12.0. The Hall–Kier alpha value is -0.920. The van der Waals surface area contributed by atoms with Crippen LogP contribution in [0.3, 0.4) is 0 Å². The highest BCUT2D eigenvalue weighted by Crippen LogP contribution is 2.74. The first-order valence-corrected chi connectivity index (χ1v) is 12.3. The molecule has 0 heterocycles. The first kappa shape index (κ1) is 23.2. The quantitative estimate of drug-likeness (QED) is 0.342. The molecule has 4 aliphatic rings. The zero-order valence-corrected chi connectivity index (χ0v) is 20.5. The lowest BCUT2D eigenvalue weighted by Gasteiger charge is -2.59. The van der Waals surface area contributed by atoms with E-state index in [2.05, 4.69) is 35.9 Å². The van der Waals surface area contributed by atoms with Gasteiger partial charge in [0.25, 0.3) is 0 Å². The summed E-state index contributed by atoms with van der Waals surface area (Å²) >= 11 is 3.66. The number of alkyl halides is 1. The van der Waals surface area contributed by atoms with Crippen molar-refractivity contribution in [2.45, 2.75) is 76.8 Å². The second kappa shape index (κ2) is 7.84. The molecule has 0 aliphatic heterocycles. The smallest absolute Gasteiger partial charge is 0.302 e. The van der Waals surface area contributed by atoms with E-state index in [0.717, 1.165) is 25.7 Å². The Labute approximate surface area is 192 Å². The van der Waals surface area contributed by atoms with E-state index in [-0.39, 0.29) is 76.2 Å². The molecule has 31 heavy (non-hydrogen) atoms. The van der Waals surface area contributed by atoms with Gasteiger partial charge in [-0.2, -0.15) is 0 Å². The predicted octanol–water partition coefficient (Wildman–Crippen LogP) is 3.38. The zero-order valence-electron chi connectivity index (χ0n) is 18.9. The number of rotatable bonds is 5. The molecule has 0 aromatic rings. The van der Waals surface area contributed by atoms with Crippen molar-refractivity contribution in [2.75, 3.05) is 13.2 Å². The molecule has 9 atom stereocenters. The summed E-state index contributed by atoms with van der Waals surface area (Å²) < 4.78 is 11.6. The third-order valence-electron chi connectivity index (χ3n) is 9.01. The van der Waals surface area contributed by atoms with Crippen molar-refractivity contribution >= 4 is 27.9 Å². The van der Waals surface area contributed by atoms with Crippen molar-refractivity contribution in [1.82, 2.24) is 0 Å². The number of aliphatic hydroxyl groups is 2. The summed E-state index contributed by atoms with van der Waals surface area (Å²) in [6.45, 7) is 7.45. The number of carbonyl (C=O) groups is 2. The van der Waals surface area contributed by atoms with Gasteiger partial charge in [0.1, 0.15) is 12.2 Å². The lowest BCUT2D eigenvalue weighted by molar-refractivity contribution is -0.167. The highest BCUT2D eigenvalue weighted by molar-refractivity contribution is 9.09. The van der Waals surface area contributed by atoms with E-state index in [1.807, 2.05) is 0 Å². The van der Waals surface area contributed by atoms with Crippen LogP contribution >= 0.6 is 15.9 Å². The fourth-order valence-corrected chi connectivity index (χ4v) is 7.80. The SMILES string of the molecule is CC(=O)OC1CC2C(C)(CC(OC(C)=O)C3CC32CO)C2=CCC(C)(C(Br)CO)CC21. The molecule has 9 unspecified atom stereocenters. The average molecular weight is 499 g/mol. The van der Waals surface area contributed by atoms with E-state index in [1.54, 1.807) is 0 Å². The number of hydrogen-bond donors (Lipinski definition) is 2. The van der Waals surface area contributed by atoms with E-state index in [1.165, 1.54) is 19.4 Å². The van der Waals surface area contributed by atoms with Crippen LogP contribution in [-0.4, -0.2) is 52.4 Å². The van der Waals surface area contributed by atoms with Crippen LogP contribution in [0.5, 0.6) is 0 Å². The third kappa shape index (κ3) is 3.59. The Morgan fingerprint density at radius 1 is 1.13 bits per heavy atom. The number of allylic oxidation sites excluding steroid dienone is 1. The average Bonchev–Trinajstić information content (AvgIpc) is 3.44. The molecule has 4 aliphatic carbocycles. The molecule has 0 bridgehead atoms. The van der Waals surface area contributed by atoms with Crippen LogP contribution in [0.1, 0.15) is 59.8 Å². The maximum atomic E-state index is 12.0. The first-order chi connectivity index (χ1) is 14.5. The van der Waals surface area contributed by atoms with Crippen molar-refractivity contribution in [3.63, 3.8) is 0 Å². The number of esters is 2. The van der Waals surface area contributed by atoms with Crippen LogP contribution < -0.4 is 0 Å². The van der Waals surface area contributed by atoms with E-state index in [4.69, 9.17) is 9.47 Å². The molecule has 7 heteroatoms. The maximum Gasteiger partial charge on any atom is 0.302 e. The fourth-order valence-electron chi connectivity index (χ4n) is 7.43. The summed E-state index contributed by atoms with van der Waals surface area (Å²) in [4.78, 5) is 23.7. The summed E-state index contributed by atoms with van der Waals surface area (Å²) in [5.74, 6) is -0.150. The third-order valence-corrected chi connectivity index (χ3v) is 10.4. The molecular formula is C24H35BrO6. The zero-order chi connectivity index (χ0) is 22.8. The minimum atomic E-state index is -0.281. The predicted molar refractivity (Wildman–Crippen MR) is 118 cm³/mol. The highest BCUT2D eigenvalue weighted by Gasteiger charge is 2.72. The minimum absolute atomic E-state index is 0.0435. The Bertz CT molecular complexity index is 797. The lowest BCUT2D eigenvalue weighted by Crippen LogP contribution is -2.56. The number of fused-ring (bicyclic) bond motifs is 5. The summed E-state index contributed by atoms with van der Waals surface area (Å²) in [6, 6.07) is 0. The number of halogens is 1. The lowest BCUT2D eigenvalue weighted by atomic mass is 9.48. The van der Waals surface area contributed by atoms with Crippen LogP contribution in [0.4, 0.5) is 0 Å². The summed E-state index contributed by atoms with van der Waals surface area (Å²) in [6.07, 6.45) is 5.79. The summed E-state index contributed by atoms with van der Waals surface area (Å²) in [5.41, 5.74) is 0.631. The van der Waals surface area contributed by atoms with Gasteiger partial charge in [0, 0.05) is 42.5 Å². The Balaban J connectivity index is 1.76. The standard InChI is InChI=1S/C24H35BrO6/c1-13(28)30-18-7-20-23(4,10-19(31-14(2)29)17-9-24(17,20)12-27)16-5-6-22(3,8-15(16)18)21(25)11-26/h5,15,17-21,26-27H,6-12H2,1-4H3. The van der Waals surface area contributed by atoms with Crippen LogP contribution in [0.15, 0.2) is 11.6 Å². The van der Waals surface area contributed by atoms with Crippen molar-refractivity contribution in [1.29, 1.82) is 0 Å². The Morgan fingerprint density at radius 3 is 2.35 bits per heavy atom. The Kier molecular flexibility index (Phi) is 5.88. The largest absolute Gasteiger partial charge is 0.462 e. The fraction of sp³-hybridized carbons (Fsp3) is 0.833. The second-order valence-corrected chi connectivity index (χ2v) is 12.0. The topological polar surface area (TPSA) is 93.1 Å². The molecule has 3 saturated carbocycles. The van der Waals surface area contributed by atoms with Crippen LogP contribution in [-0.2, 0) is 19.1 Å². The van der Waals surface area contributed by atoms with Crippen LogP contribution in [0.2, 0.25) is 0 Å². The van der Waals surface area contributed by atoms with E-state index >= 15 is 0 Å². The van der Waals surface area contributed by atoms with Gasteiger partial charge in [0.2, 0.25) is 0 Å². The molecule has 2 N–H and O–H groups in total. The number of aliphatic hydroxyl groups excluding tert-OH is 2. The minimum Gasteiger partial charge on any atom is -0.462 e. The molecule has 0 radical (unpaired) electrons. The molecular weight excluding hydrogens is 464 g/mol. The van der Waals surface area contributed by atoms with Gasteiger partial charge in [0.05, 0.1) is 6.61 Å². The highest BCUT2D eigenvalue weighted by atomic mass is 79.9. The molecule has 3 fully saturated rings. The molecule has 174 valence electrons. The van der Waals surface area contributed by atoms with Gasteiger partial charge in [-0.1, -0.05) is 41.4 Å². The van der Waals surface area contributed by atoms with Gasteiger partial charge in [-0.25, -0.2) is 0 Å². The molecule has 0 aromatic carbocycles. The molecule has 0 aromatic heterocycles. The monoisotopic (exact) mass is 498 g/mol. The number of ether oxygens (including phenoxy) is 2. The van der Waals surface area contributed by atoms with Gasteiger partial charge in [-0.05, 0) is 48.9 Å². The molecule has 0 saturated heterocycles. The van der Waals surface area contributed by atoms with E-state index in [9.17, 15) is 19.8 Å². The first-order valence-electron chi connectivity index (χ1n) is 11.4. The van der Waals surface area contributed by atoms with Gasteiger partial charge in [-0.15, -0.1) is 0 Å². The van der Waals surface area contributed by atoms with Crippen LogP contribution in [0.25, 0.3) is 0 Å². The van der Waals surface area contributed by atoms with Crippen molar-refractivity contribution in [2.24, 2.45) is 34.0 Å². The van der Waals surface area contributed by atoms with Gasteiger partial charge < -0.3 is 19.7 Å². The molecule has 4 rings (SSSR count). The molecule has 6 nitrogen and oxygen atoms in total. The van der Waals surface area contributed by atoms with Crippen molar-refractivity contribution in [3.05, 3.63) is 11.6 Å². The van der Waals surface area contributed by atoms with Crippen molar-refractivity contribution in [3.8, 4) is 0 Å². The summed E-state index contributed by atoms with van der Waals surface area (Å²) in [5, 5.41) is 20.2. The number of carbonyl (C=O) groups excluding carboxylic acids is 2. The summed E-state index contributed by atoms with van der Waals surface area (Å²) in [7, 11) is 0. The number of hydrogen-bond acceptors (Lipinski definition) is 6. The van der Waals surface area contributed by atoms with E-state index in [0.29, 0.717) is 6.42 Å². The Morgan fingerprint density at radius 2 is 1.77 bits per heavy atom. The van der Waals surface area contributed by atoms with Crippen LogP contribution in [0, 0.1) is 34.0 Å². The van der Waals surface area contributed by atoms with Gasteiger partial charge in [0.15, 0.2) is 0 Å².